The molecule has 3 heterocycles. The Labute approximate surface area is 134 Å². The first-order chi connectivity index (χ1) is 10.6. The highest BCUT2D eigenvalue weighted by Gasteiger charge is 2.19. The Hall–Kier alpha value is -1.59. The van der Waals surface area contributed by atoms with Gasteiger partial charge in [-0.15, -0.1) is 0 Å². The van der Waals surface area contributed by atoms with E-state index in [9.17, 15) is 4.79 Å². The van der Waals surface area contributed by atoms with Crippen molar-refractivity contribution >= 4 is 11.6 Å². The van der Waals surface area contributed by atoms with Crippen molar-refractivity contribution in [1.82, 2.24) is 14.1 Å². The van der Waals surface area contributed by atoms with Gasteiger partial charge in [-0.3, -0.25) is 4.79 Å². The van der Waals surface area contributed by atoms with Gasteiger partial charge in [0.1, 0.15) is 11.0 Å². The van der Waals surface area contributed by atoms with Crippen molar-refractivity contribution in [3.63, 3.8) is 0 Å². The summed E-state index contributed by atoms with van der Waals surface area (Å²) in [5, 5.41) is 0.632. The van der Waals surface area contributed by atoms with Crippen LogP contribution in [0.25, 0.3) is 11.4 Å². The molecule has 2 aromatic heterocycles. The second-order valence-electron chi connectivity index (χ2n) is 5.90. The second-order valence-corrected chi connectivity index (χ2v) is 6.29. The molecule has 0 N–H and O–H groups in total. The molecule has 0 spiro atoms. The van der Waals surface area contributed by atoms with E-state index in [-0.39, 0.29) is 5.56 Å². The molecule has 0 aliphatic carbocycles. The Morgan fingerprint density at radius 3 is 2.82 bits per heavy atom. The first-order valence-corrected chi connectivity index (χ1v) is 7.90. The monoisotopic (exact) mass is 321 g/mol. The van der Waals surface area contributed by atoms with Gasteiger partial charge >= 0.3 is 0 Å². The third kappa shape index (κ3) is 2.96. The number of pyridine rings is 1. The average Bonchev–Trinajstić information content (AvgIpc) is 2.87. The molecule has 0 atom stereocenters. The Kier molecular flexibility index (Phi) is 4.36. The van der Waals surface area contributed by atoms with Crippen LogP contribution in [-0.2, 0) is 18.3 Å². The summed E-state index contributed by atoms with van der Waals surface area (Å²) in [6.07, 6.45) is 5.58. The lowest BCUT2D eigenvalue weighted by molar-refractivity contribution is 0.0614. The zero-order valence-corrected chi connectivity index (χ0v) is 13.6. The fourth-order valence-electron chi connectivity index (χ4n) is 2.95. The van der Waals surface area contributed by atoms with Crippen molar-refractivity contribution in [2.24, 2.45) is 13.0 Å². The molecule has 0 unspecified atom stereocenters. The summed E-state index contributed by atoms with van der Waals surface area (Å²) in [7, 11) is 1.76. The molecular weight excluding hydrogens is 302 g/mol. The summed E-state index contributed by atoms with van der Waals surface area (Å²) in [5.41, 5.74) is 1.63. The predicted octanol–water partition coefficient (Wildman–Crippen LogP) is 2.64. The van der Waals surface area contributed by atoms with Gasteiger partial charge in [-0.2, -0.15) is 0 Å². The molecule has 3 rings (SSSR count). The molecule has 0 saturated carbocycles. The molecule has 5 nitrogen and oxygen atoms in total. The highest BCUT2D eigenvalue weighted by atomic mass is 35.5. The minimum Gasteiger partial charge on any atom is -0.381 e. The number of halogens is 1. The summed E-state index contributed by atoms with van der Waals surface area (Å²) >= 11 is 6.33. The number of hydrogen-bond acceptors (Lipinski definition) is 3. The van der Waals surface area contributed by atoms with Crippen molar-refractivity contribution in [2.75, 3.05) is 13.2 Å². The van der Waals surface area contributed by atoms with Crippen LogP contribution in [0.3, 0.4) is 0 Å². The third-order valence-electron chi connectivity index (χ3n) is 4.21. The van der Waals surface area contributed by atoms with E-state index in [4.69, 9.17) is 16.3 Å². The fraction of sp³-hybridized carbons (Fsp3) is 0.500. The normalized spacial score (nSPS) is 16.1. The van der Waals surface area contributed by atoms with E-state index in [1.54, 1.807) is 17.8 Å². The van der Waals surface area contributed by atoms with E-state index in [1.807, 2.05) is 23.8 Å². The molecule has 2 aromatic rings. The van der Waals surface area contributed by atoms with Crippen molar-refractivity contribution in [3.8, 4) is 11.4 Å². The zero-order chi connectivity index (χ0) is 15.7. The maximum Gasteiger partial charge on any atom is 0.253 e. The van der Waals surface area contributed by atoms with Crippen LogP contribution in [0, 0.1) is 12.8 Å². The van der Waals surface area contributed by atoms with Gasteiger partial charge in [0.05, 0.1) is 6.20 Å². The molecule has 0 radical (unpaired) electrons. The Morgan fingerprint density at radius 2 is 2.14 bits per heavy atom. The summed E-state index contributed by atoms with van der Waals surface area (Å²) in [4.78, 5) is 16.3. The van der Waals surface area contributed by atoms with Crippen molar-refractivity contribution in [2.45, 2.75) is 26.3 Å². The van der Waals surface area contributed by atoms with E-state index in [1.165, 1.54) is 0 Å². The Balaban J connectivity index is 1.96. The highest BCUT2D eigenvalue weighted by Crippen LogP contribution is 2.26. The van der Waals surface area contributed by atoms with Gasteiger partial charge in [0.2, 0.25) is 0 Å². The van der Waals surface area contributed by atoms with Gasteiger partial charge in [0, 0.05) is 44.1 Å². The molecule has 1 aliphatic rings. The largest absolute Gasteiger partial charge is 0.381 e. The molecule has 0 bridgehead atoms. The van der Waals surface area contributed by atoms with Crippen molar-refractivity contribution in [3.05, 3.63) is 39.5 Å². The molecular formula is C16H20ClN3O2. The maximum absolute atomic E-state index is 11.9. The first kappa shape index (κ1) is 15.3. The molecule has 0 amide bonds. The molecule has 6 heteroatoms. The molecule has 118 valence electrons. The number of hydrogen-bond donors (Lipinski definition) is 0. The standard InChI is InChI=1S/C16H20ClN3O2/c1-11-7-13(10-19(2)16(11)21)15-18-8-14(17)20(15)9-12-3-5-22-6-4-12/h7-8,10,12H,3-6,9H2,1-2H3. The zero-order valence-electron chi connectivity index (χ0n) is 12.9. The molecule has 1 fully saturated rings. The number of ether oxygens (including phenoxy) is 1. The van der Waals surface area contributed by atoms with Crippen LogP contribution in [0.15, 0.2) is 23.3 Å². The van der Waals surface area contributed by atoms with Gasteiger partial charge in [-0.05, 0) is 31.7 Å². The van der Waals surface area contributed by atoms with Crippen LogP contribution in [0.4, 0.5) is 0 Å². The van der Waals surface area contributed by atoms with Crippen LogP contribution in [0.5, 0.6) is 0 Å². The maximum atomic E-state index is 11.9. The molecule has 1 aliphatic heterocycles. The van der Waals surface area contributed by atoms with Crippen LogP contribution >= 0.6 is 11.6 Å². The van der Waals surface area contributed by atoms with Gasteiger partial charge < -0.3 is 13.9 Å². The van der Waals surface area contributed by atoms with Gasteiger partial charge in [0.25, 0.3) is 5.56 Å². The number of rotatable bonds is 3. The van der Waals surface area contributed by atoms with Crippen LogP contribution < -0.4 is 5.56 Å². The Bertz CT molecular complexity index is 703. The fourth-order valence-corrected chi connectivity index (χ4v) is 3.14. The van der Waals surface area contributed by atoms with E-state index >= 15 is 0 Å². The van der Waals surface area contributed by atoms with Crippen molar-refractivity contribution in [1.29, 1.82) is 0 Å². The third-order valence-corrected chi connectivity index (χ3v) is 4.51. The lowest BCUT2D eigenvalue weighted by Crippen LogP contribution is -2.21. The SMILES string of the molecule is Cc1cc(-c2ncc(Cl)n2CC2CCOCC2)cn(C)c1=O. The Morgan fingerprint density at radius 1 is 1.41 bits per heavy atom. The molecule has 1 saturated heterocycles. The molecule has 0 aromatic carbocycles. The highest BCUT2D eigenvalue weighted by molar-refractivity contribution is 6.29. The van der Waals surface area contributed by atoms with Crippen LogP contribution in [0.1, 0.15) is 18.4 Å². The van der Waals surface area contributed by atoms with E-state index in [2.05, 4.69) is 4.98 Å². The smallest absolute Gasteiger partial charge is 0.253 e. The predicted molar refractivity (Wildman–Crippen MR) is 86.2 cm³/mol. The van der Waals surface area contributed by atoms with Crippen LogP contribution in [0.2, 0.25) is 5.15 Å². The summed E-state index contributed by atoms with van der Waals surface area (Å²) in [5.74, 6) is 1.36. The number of aromatic nitrogens is 3. The van der Waals surface area contributed by atoms with Crippen LogP contribution in [-0.4, -0.2) is 27.3 Å². The lowest BCUT2D eigenvalue weighted by Gasteiger charge is -2.23. The van der Waals surface area contributed by atoms with E-state index < -0.39 is 0 Å². The summed E-state index contributed by atoms with van der Waals surface area (Å²) in [6.45, 7) is 4.27. The lowest BCUT2D eigenvalue weighted by atomic mass is 10.0. The second kappa shape index (κ2) is 6.26. The molecule has 22 heavy (non-hydrogen) atoms. The van der Waals surface area contributed by atoms with Gasteiger partial charge in [0.15, 0.2) is 0 Å². The number of nitrogens with zero attached hydrogens (tertiary/aromatic N) is 3. The van der Waals surface area contributed by atoms with E-state index in [0.717, 1.165) is 44.0 Å². The van der Waals surface area contributed by atoms with Gasteiger partial charge in [-0.25, -0.2) is 4.98 Å². The van der Waals surface area contributed by atoms with E-state index in [0.29, 0.717) is 16.6 Å². The topological polar surface area (TPSA) is 49.0 Å². The number of aryl methyl sites for hydroxylation is 2. The quantitative estimate of drug-likeness (QED) is 0.873. The average molecular weight is 322 g/mol. The van der Waals surface area contributed by atoms with Crippen molar-refractivity contribution < 1.29 is 4.74 Å². The first-order valence-electron chi connectivity index (χ1n) is 7.52. The minimum absolute atomic E-state index is 0.0115. The minimum atomic E-state index is 0.0115. The summed E-state index contributed by atoms with van der Waals surface area (Å²) < 4.78 is 9.04. The number of imidazole rings is 1. The van der Waals surface area contributed by atoms with Gasteiger partial charge in [-0.1, -0.05) is 11.6 Å². The summed E-state index contributed by atoms with van der Waals surface area (Å²) in [6, 6.07) is 1.88.